The number of carbonyl (C=O) groups excluding carboxylic acids is 1. The Morgan fingerprint density at radius 2 is 2.00 bits per heavy atom. The van der Waals surface area contributed by atoms with Gasteiger partial charge in [-0.15, -0.1) is 0 Å². The summed E-state index contributed by atoms with van der Waals surface area (Å²) in [5.41, 5.74) is 5.52. The van der Waals surface area contributed by atoms with E-state index in [1.165, 1.54) is 0 Å². The molecule has 0 amide bonds. The van der Waals surface area contributed by atoms with E-state index in [1.807, 2.05) is 34.6 Å². The van der Waals surface area contributed by atoms with E-state index in [0.29, 0.717) is 12.2 Å². The smallest absolute Gasteiger partial charge is 0.188 e. The lowest BCUT2D eigenvalue weighted by Gasteiger charge is -2.36. The fourth-order valence-electron chi connectivity index (χ4n) is 1.39. The number of rotatable bonds is 4. The summed E-state index contributed by atoms with van der Waals surface area (Å²) in [6, 6.07) is 1.75. The van der Waals surface area contributed by atoms with Gasteiger partial charge in [0.2, 0.25) is 0 Å². The van der Waals surface area contributed by atoms with Crippen LogP contribution in [-0.4, -0.2) is 21.1 Å². The van der Waals surface area contributed by atoms with Gasteiger partial charge in [-0.25, -0.2) is 0 Å². The number of nitrogens with zero attached hydrogens (tertiary/aromatic N) is 2. The first-order valence-corrected chi connectivity index (χ1v) is 5.57. The molecule has 0 unspecified atom stereocenters. The Bertz CT molecular complexity index is 385. The van der Waals surface area contributed by atoms with Crippen molar-refractivity contribution in [3.05, 3.63) is 18.0 Å². The van der Waals surface area contributed by atoms with Crippen molar-refractivity contribution in [1.29, 1.82) is 0 Å². The van der Waals surface area contributed by atoms with Crippen LogP contribution in [0, 0.1) is 5.41 Å². The molecule has 0 radical (unpaired) electrons. The number of hydrogen-bond acceptors (Lipinski definition) is 3. The van der Waals surface area contributed by atoms with Crippen LogP contribution in [0.2, 0.25) is 0 Å². The van der Waals surface area contributed by atoms with Crippen molar-refractivity contribution < 1.29 is 4.79 Å². The molecule has 1 heterocycles. The molecule has 0 saturated heterocycles. The van der Waals surface area contributed by atoms with E-state index in [4.69, 9.17) is 5.73 Å². The van der Waals surface area contributed by atoms with Gasteiger partial charge in [0.25, 0.3) is 0 Å². The molecule has 0 aliphatic rings. The largest absolute Gasteiger partial charge is 0.325 e. The third-order valence-electron chi connectivity index (χ3n) is 3.43. The minimum absolute atomic E-state index is 0.0411. The van der Waals surface area contributed by atoms with Gasteiger partial charge in [0.05, 0.1) is 0 Å². The van der Waals surface area contributed by atoms with Crippen LogP contribution in [0.15, 0.2) is 12.3 Å². The molecular weight excluding hydrogens is 202 g/mol. The zero-order chi connectivity index (χ0) is 12.6. The summed E-state index contributed by atoms with van der Waals surface area (Å²) < 4.78 is 1.70. The van der Waals surface area contributed by atoms with Crippen LogP contribution in [0.1, 0.15) is 45.1 Å². The molecule has 0 fully saturated rings. The Morgan fingerprint density at radius 3 is 2.44 bits per heavy atom. The standard InChI is InChI=1S/C12H21N3O/c1-6-15-9(7-8-14-15)10(16)11(2,3)12(4,5)13/h7-8H,6,13H2,1-5H3. The summed E-state index contributed by atoms with van der Waals surface area (Å²) in [7, 11) is 0. The first-order chi connectivity index (χ1) is 7.21. The van der Waals surface area contributed by atoms with Crippen LogP contribution in [0.25, 0.3) is 0 Å². The van der Waals surface area contributed by atoms with E-state index in [1.54, 1.807) is 16.9 Å². The number of carbonyl (C=O) groups is 1. The topological polar surface area (TPSA) is 60.9 Å². The molecule has 1 rings (SSSR count). The monoisotopic (exact) mass is 223 g/mol. The summed E-state index contributed by atoms with van der Waals surface area (Å²) in [6.45, 7) is 10.2. The van der Waals surface area contributed by atoms with E-state index >= 15 is 0 Å². The van der Waals surface area contributed by atoms with E-state index in [-0.39, 0.29) is 5.78 Å². The van der Waals surface area contributed by atoms with Crippen molar-refractivity contribution in [3.8, 4) is 0 Å². The lowest BCUT2D eigenvalue weighted by atomic mass is 9.71. The van der Waals surface area contributed by atoms with Crippen molar-refractivity contribution in [2.24, 2.45) is 11.1 Å². The zero-order valence-corrected chi connectivity index (χ0v) is 10.7. The second kappa shape index (κ2) is 4.01. The van der Waals surface area contributed by atoms with Crippen LogP contribution >= 0.6 is 0 Å². The van der Waals surface area contributed by atoms with Crippen molar-refractivity contribution in [2.75, 3.05) is 0 Å². The van der Waals surface area contributed by atoms with Crippen molar-refractivity contribution in [1.82, 2.24) is 9.78 Å². The highest BCUT2D eigenvalue weighted by Crippen LogP contribution is 2.32. The Morgan fingerprint density at radius 1 is 1.44 bits per heavy atom. The van der Waals surface area contributed by atoms with Crippen LogP contribution in [0.5, 0.6) is 0 Å². The Labute approximate surface area is 96.8 Å². The van der Waals surface area contributed by atoms with E-state index in [2.05, 4.69) is 5.10 Å². The maximum absolute atomic E-state index is 12.4. The van der Waals surface area contributed by atoms with Gasteiger partial charge in [0.15, 0.2) is 5.78 Å². The molecule has 0 bridgehead atoms. The summed E-state index contributed by atoms with van der Waals surface area (Å²) in [5, 5.41) is 4.11. The molecule has 4 nitrogen and oxygen atoms in total. The van der Waals surface area contributed by atoms with Gasteiger partial charge in [0.1, 0.15) is 5.69 Å². The fourth-order valence-corrected chi connectivity index (χ4v) is 1.39. The van der Waals surface area contributed by atoms with Gasteiger partial charge >= 0.3 is 0 Å². The van der Waals surface area contributed by atoms with Crippen molar-refractivity contribution in [2.45, 2.75) is 46.7 Å². The van der Waals surface area contributed by atoms with Gasteiger partial charge in [0, 0.05) is 23.7 Å². The molecule has 0 aliphatic heterocycles. The lowest BCUT2D eigenvalue weighted by Crippen LogP contribution is -2.52. The van der Waals surface area contributed by atoms with Crippen LogP contribution in [0.4, 0.5) is 0 Å². The highest BCUT2D eigenvalue weighted by molar-refractivity contribution is 5.99. The summed E-state index contributed by atoms with van der Waals surface area (Å²) >= 11 is 0. The molecule has 16 heavy (non-hydrogen) atoms. The highest BCUT2D eigenvalue weighted by Gasteiger charge is 2.41. The zero-order valence-electron chi connectivity index (χ0n) is 10.7. The molecule has 2 N–H and O–H groups in total. The predicted molar refractivity (Wildman–Crippen MR) is 64.3 cm³/mol. The van der Waals surface area contributed by atoms with Crippen LogP contribution in [0.3, 0.4) is 0 Å². The molecule has 0 atom stereocenters. The molecule has 0 spiro atoms. The van der Waals surface area contributed by atoms with Crippen molar-refractivity contribution in [3.63, 3.8) is 0 Å². The van der Waals surface area contributed by atoms with E-state index in [9.17, 15) is 4.79 Å². The second-order valence-electron chi connectivity index (χ2n) is 5.21. The number of ketones is 1. The normalized spacial score (nSPS) is 12.9. The summed E-state index contributed by atoms with van der Waals surface area (Å²) in [4.78, 5) is 12.4. The average Bonchev–Trinajstić information content (AvgIpc) is 2.62. The van der Waals surface area contributed by atoms with Gasteiger partial charge in [-0.2, -0.15) is 5.10 Å². The Balaban J connectivity index is 3.12. The van der Waals surface area contributed by atoms with Gasteiger partial charge in [-0.1, -0.05) is 13.8 Å². The predicted octanol–water partition coefficient (Wildman–Crippen LogP) is 1.85. The maximum Gasteiger partial charge on any atom is 0.188 e. The van der Waals surface area contributed by atoms with Gasteiger partial charge in [-0.05, 0) is 26.8 Å². The third kappa shape index (κ3) is 2.02. The molecule has 0 saturated carbocycles. The minimum Gasteiger partial charge on any atom is -0.325 e. The molecule has 1 aromatic rings. The van der Waals surface area contributed by atoms with Gasteiger partial charge in [-0.3, -0.25) is 9.48 Å². The number of Topliss-reactive ketones (excluding diaryl/α,β-unsaturated/α-hetero) is 1. The molecule has 1 aromatic heterocycles. The molecule has 90 valence electrons. The molecule has 4 heteroatoms. The summed E-state index contributed by atoms with van der Waals surface area (Å²) in [6.07, 6.45) is 1.65. The number of nitrogens with two attached hydrogens (primary N) is 1. The maximum atomic E-state index is 12.4. The average molecular weight is 223 g/mol. The fraction of sp³-hybridized carbons (Fsp3) is 0.667. The quantitative estimate of drug-likeness (QED) is 0.792. The minimum atomic E-state index is -0.611. The van der Waals surface area contributed by atoms with Crippen molar-refractivity contribution >= 4 is 5.78 Å². The number of hydrogen-bond donors (Lipinski definition) is 1. The molecular formula is C12H21N3O. The Kier molecular flexibility index (Phi) is 3.24. The summed E-state index contributed by atoms with van der Waals surface area (Å²) in [5.74, 6) is 0.0411. The SMILES string of the molecule is CCn1nccc1C(=O)C(C)(C)C(C)(C)N. The van der Waals surface area contributed by atoms with Crippen LogP contribution in [-0.2, 0) is 6.54 Å². The van der Waals surface area contributed by atoms with Crippen LogP contribution < -0.4 is 5.73 Å². The molecule has 0 aromatic carbocycles. The number of aromatic nitrogens is 2. The van der Waals surface area contributed by atoms with E-state index in [0.717, 1.165) is 0 Å². The molecule has 0 aliphatic carbocycles. The second-order valence-corrected chi connectivity index (χ2v) is 5.21. The first kappa shape index (κ1) is 12.9. The first-order valence-electron chi connectivity index (χ1n) is 5.57. The third-order valence-corrected chi connectivity index (χ3v) is 3.43. The highest BCUT2D eigenvalue weighted by atomic mass is 16.1. The van der Waals surface area contributed by atoms with E-state index < -0.39 is 11.0 Å². The van der Waals surface area contributed by atoms with Gasteiger partial charge < -0.3 is 5.73 Å². The lowest BCUT2D eigenvalue weighted by molar-refractivity contribution is 0.0723. The Hall–Kier alpha value is -1.16. The number of aryl methyl sites for hydroxylation is 1.